The highest BCUT2D eigenvalue weighted by molar-refractivity contribution is 7.25. The maximum Gasteiger partial charge on any atom is 0.345 e. The van der Waals surface area contributed by atoms with E-state index < -0.39 is 0 Å². The summed E-state index contributed by atoms with van der Waals surface area (Å²) in [7, 11) is 0. The van der Waals surface area contributed by atoms with Gasteiger partial charge in [0.25, 0.3) is 0 Å². The topological polar surface area (TPSA) is 47.3 Å². The van der Waals surface area contributed by atoms with Crippen molar-refractivity contribution in [3.63, 3.8) is 0 Å². The van der Waals surface area contributed by atoms with Crippen molar-refractivity contribution in [2.24, 2.45) is 0 Å². The second-order valence-electron chi connectivity index (χ2n) is 5.32. The Bertz CT molecular complexity index is 1250. The molecule has 0 aromatic carbocycles. The lowest BCUT2D eigenvalue weighted by atomic mass is 10.2. The molecule has 7 heteroatoms. The zero-order chi connectivity index (χ0) is 17.0. The molecule has 3 nitrogen and oxygen atoms in total. The first-order chi connectivity index (χ1) is 12.2. The number of rotatable bonds is 0. The molecule has 0 saturated carbocycles. The lowest BCUT2D eigenvalue weighted by Crippen LogP contribution is -1.95. The van der Waals surface area contributed by atoms with E-state index in [0.717, 1.165) is 30.3 Å². The molecule has 0 atom stereocenters. The van der Waals surface area contributed by atoms with Crippen LogP contribution in [0.2, 0.25) is 0 Å². The standard InChI is InChI=1S/C9H4O2S2.C9H4OS2/c10-9-5-1-3-12-7(5)8-6(11-9)2-4-13-8;10-7-5-1-3-11-8(5)9-6(7)2-4-12-9/h1-4H;1-4H. The first kappa shape index (κ1) is 15.2. The van der Waals surface area contributed by atoms with Crippen LogP contribution in [0.1, 0.15) is 15.9 Å². The molecular formula is C18H8O3S4. The Hall–Kier alpha value is -2.06. The summed E-state index contributed by atoms with van der Waals surface area (Å²) in [6, 6.07) is 7.47. The Morgan fingerprint density at radius 1 is 0.680 bits per heavy atom. The Kier molecular flexibility index (Phi) is 3.49. The molecule has 0 unspecified atom stereocenters. The number of fused-ring (bicyclic) bond motifs is 6. The van der Waals surface area contributed by atoms with Crippen LogP contribution in [0.15, 0.2) is 55.0 Å². The number of carbonyl (C=O) groups excluding carboxylic acids is 1. The van der Waals surface area contributed by atoms with Crippen molar-refractivity contribution in [2.45, 2.75) is 0 Å². The van der Waals surface area contributed by atoms with Gasteiger partial charge in [-0.25, -0.2) is 4.79 Å². The molecule has 5 aromatic rings. The van der Waals surface area contributed by atoms with E-state index in [1.165, 1.54) is 0 Å². The number of thiophene rings is 4. The molecule has 0 spiro atoms. The monoisotopic (exact) mass is 400 g/mol. The Morgan fingerprint density at radius 3 is 2.00 bits per heavy atom. The molecule has 5 aromatic heterocycles. The molecule has 122 valence electrons. The van der Waals surface area contributed by atoms with Gasteiger partial charge < -0.3 is 4.42 Å². The Morgan fingerprint density at radius 2 is 1.28 bits per heavy atom. The van der Waals surface area contributed by atoms with Gasteiger partial charge >= 0.3 is 5.63 Å². The summed E-state index contributed by atoms with van der Waals surface area (Å²) < 4.78 is 7.25. The molecule has 0 N–H and O–H groups in total. The Balaban J connectivity index is 0.000000112. The van der Waals surface area contributed by atoms with Crippen LogP contribution in [-0.2, 0) is 0 Å². The summed E-state index contributed by atoms with van der Waals surface area (Å²) in [5.41, 5.74) is 2.25. The minimum atomic E-state index is -0.234. The predicted octanol–water partition coefficient (Wildman–Crippen LogP) is 6.09. The predicted molar refractivity (Wildman–Crippen MR) is 107 cm³/mol. The van der Waals surface area contributed by atoms with Gasteiger partial charge in [0.1, 0.15) is 0 Å². The molecule has 0 bridgehead atoms. The molecule has 0 saturated heterocycles. The van der Waals surface area contributed by atoms with Crippen molar-refractivity contribution in [1.82, 2.24) is 0 Å². The highest BCUT2D eigenvalue weighted by Gasteiger charge is 2.28. The van der Waals surface area contributed by atoms with Crippen LogP contribution < -0.4 is 5.63 Å². The fourth-order valence-electron chi connectivity index (χ4n) is 2.82. The Labute approximate surface area is 157 Å². The zero-order valence-corrected chi connectivity index (χ0v) is 15.7. The number of hydrogen-bond acceptors (Lipinski definition) is 7. The van der Waals surface area contributed by atoms with Crippen molar-refractivity contribution in [3.8, 4) is 9.75 Å². The van der Waals surface area contributed by atoms with Gasteiger partial charge in [0.05, 0.1) is 24.5 Å². The van der Waals surface area contributed by atoms with Gasteiger partial charge in [0.2, 0.25) is 0 Å². The van der Waals surface area contributed by atoms with Crippen LogP contribution in [-0.4, -0.2) is 5.78 Å². The zero-order valence-electron chi connectivity index (χ0n) is 12.5. The summed E-state index contributed by atoms with van der Waals surface area (Å²) >= 11 is 6.50. The minimum absolute atomic E-state index is 0.197. The van der Waals surface area contributed by atoms with E-state index in [0.29, 0.717) is 11.0 Å². The van der Waals surface area contributed by atoms with Crippen LogP contribution in [0.3, 0.4) is 0 Å². The van der Waals surface area contributed by atoms with Crippen molar-refractivity contribution < 1.29 is 9.21 Å². The summed E-state index contributed by atoms with van der Waals surface area (Å²) in [6.45, 7) is 0. The van der Waals surface area contributed by atoms with E-state index in [1.807, 2.05) is 45.8 Å². The molecular weight excluding hydrogens is 392 g/mol. The largest absolute Gasteiger partial charge is 0.421 e. The van der Waals surface area contributed by atoms with Crippen molar-refractivity contribution in [2.75, 3.05) is 0 Å². The molecule has 0 aliphatic heterocycles. The third kappa shape index (κ3) is 2.27. The number of hydrogen-bond donors (Lipinski definition) is 0. The van der Waals surface area contributed by atoms with Crippen molar-refractivity contribution in [3.05, 3.63) is 67.3 Å². The molecule has 0 radical (unpaired) electrons. The summed E-state index contributed by atoms with van der Waals surface area (Å²) in [6.07, 6.45) is 0. The van der Waals surface area contributed by atoms with Gasteiger partial charge in [-0.1, -0.05) is 0 Å². The van der Waals surface area contributed by atoms with Crippen molar-refractivity contribution >= 4 is 71.5 Å². The lowest BCUT2D eigenvalue weighted by molar-refractivity contribution is 0.104. The van der Waals surface area contributed by atoms with Crippen LogP contribution in [0, 0.1) is 0 Å². The van der Waals surface area contributed by atoms with E-state index in [-0.39, 0.29) is 11.4 Å². The molecule has 1 aliphatic carbocycles. The first-order valence-corrected chi connectivity index (χ1v) is 10.8. The molecule has 6 rings (SSSR count). The highest BCUT2D eigenvalue weighted by Crippen LogP contribution is 2.43. The van der Waals surface area contributed by atoms with Gasteiger partial charge in [-0.15, -0.1) is 45.3 Å². The molecule has 25 heavy (non-hydrogen) atoms. The SMILES string of the molecule is O=C1c2ccsc2-c2sccc21.O=c1oc2ccsc2c2sccc12. The molecule has 0 fully saturated rings. The summed E-state index contributed by atoms with van der Waals surface area (Å²) in [5.74, 6) is 0.197. The molecule has 5 heterocycles. The van der Waals surface area contributed by atoms with Crippen LogP contribution >= 0.6 is 45.3 Å². The fourth-order valence-corrected chi connectivity index (χ4v) is 6.68. The first-order valence-electron chi connectivity index (χ1n) is 7.31. The van der Waals surface area contributed by atoms with Gasteiger partial charge in [0, 0.05) is 11.1 Å². The highest BCUT2D eigenvalue weighted by atomic mass is 32.1. The maximum atomic E-state index is 11.6. The maximum absolute atomic E-state index is 11.6. The second-order valence-corrected chi connectivity index (χ2v) is 8.99. The quantitative estimate of drug-likeness (QED) is 0.310. The average Bonchev–Trinajstić information content (AvgIpc) is 3.40. The van der Waals surface area contributed by atoms with Gasteiger partial charge in [-0.3, -0.25) is 4.79 Å². The van der Waals surface area contributed by atoms with Crippen LogP contribution in [0.5, 0.6) is 0 Å². The van der Waals surface area contributed by atoms with E-state index in [9.17, 15) is 9.59 Å². The van der Waals surface area contributed by atoms with Gasteiger partial charge in [-0.05, 0) is 45.8 Å². The average molecular weight is 401 g/mol. The third-order valence-corrected chi connectivity index (χ3v) is 7.92. The number of carbonyl (C=O) groups is 1. The second kappa shape index (κ2) is 5.74. The van der Waals surface area contributed by atoms with Gasteiger partial charge in [0.15, 0.2) is 11.4 Å². The summed E-state index contributed by atoms with van der Waals surface area (Å²) in [4.78, 5) is 25.3. The van der Waals surface area contributed by atoms with E-state index >= 15 is 0 Å². The van der Waals surface area contributed by atoms with E-state index in [4.69, 9.17) is 4.42 Å². The van der Waals surface area contributed by atoms with E-state index in [2.05, 4.69) is 0 Å². The van der Waals surface area contributed by atoms with Crippen LogP contribution in [0.4, 0.5) is 0 Å². The van der Waals surface area contributed by atoms with Crippen molar-refractivity contribution in [1.29, 1.82) is 0 Å². The van der Waals surface area contributed by atoms with E-state index in [1.54, 1.807) is 45.3 Å². The summed E-state index contributed by atoms with van der Waals surface area (Å²) in [5, 5.41) is 8.50. The minimum Gasteiger partial charge on any atom is -0.421 e. The molecule has 1 aliphatic rings. The molecule has 0 amide bonds. The normalized spacial score (nSPS) is 12.2. The fraction of sp³-hybridized carbons (Fsp3) is 0. The smallest absolute Gasteiger partial charge is 0.345 e. The number of ketones is 1. The lowest BCUT2D eigenvalue weighted by Gasteiger charge is -1.89. The van der Waals surface area contributed by atoms with Crippen LogP contribution in [0.25, 0.3) is 30.1 Å². The third-order valence-electron chi connectivity index (χ3n) is 3.95. The van der Waals surface area contributed by atoms with Gasteiger partial charge in [-0.2, -0.15) is 0 Å².